The van der Waals surface area contributed by atoms with E-state index in [1.807, 2.05) is 19.6 Å². The molecule has 1 aliphatic rings. The van der Waals surface area contributed by atoms with Crippen LogP contribution in [-0.2, 0) is 14.9 Å². The van der Waals surface area contributed by atoms with E-state index in [0.29, 0.717) is 23.6 Å². The number of ether oxygens (including phenoxy) is 1. The number of halogens is 3. The summed E-state index contributed by atoms with van der Waals surface area (Å²) in [5.41, 5.74) is -5.00. The van der Waals surface area contributed by atoms with E-state index in [1.54, 1.807) is 0 Å². The van der Waals surface area contributed by atoms with Crippen molar-refractivity contribution in [1.82, 2.24) is 0 Å². The van der Waals surface area contributed by atoms with E-state index in [2.05, 4.69) is 0 Å². The van der Waals surface area contributed by atoms with Crippen LogP contribution in [0.1, 0.15) is 53.9 Å². The topological polar surface area (TPSA) is 69.7 Å². The predicted octanol–water partition coefficient (Wildman–Crippen LogP) is 4.29. The number of alkyl halides is 3. The fraction of sp³-hybridized carbons (Fsp3) is 0.611. The summed E-state index contributed by atoms with van der Waals surface area (Å²) in [6.07, 6.45) is 4.14. The fourth-order valence-corrected chi connectivity index (χ4v) is 5.45. The third-order valence-electron chi connectivity index (χ3n) is 4.87. The number of esters is 1. The van der Waals surface area contributed by atoms with Gasteiger partial charge < -0.3 is 8.92 Å². The van der Waals surface area contributed by atoms with Crippen LogP contribution in [0.15, 0.2) is 12.1 Å². The molecule has 0 radical (unpaired) electrons. The molecule has 1 aliphatic carbocycles. The number of carbonyl (C=O) groups excluding carboxylic acids is 1. The lowest BCUT2D eigenvalue weighted by Gasteiger charge is -2.29. The summed E-state index contributed by atoms with van der Waals surface area (Å²) in [5, 5.41) is 0.351. The number of hydrogen-bond donors (Lipinski definition) is 0. The molecule has 0 spiro atoms. The van der Waals surface area contributed by atoms with Crippen molar-refractivity contribution in [2.24, 2.45) is 0 Å². The molecule has 0 atom stereocenters. The lowest BCUT2D eigenvalue weighted by molar-refractivity contribution is -0.0500. The van der Waals surface area contributed by atoms with Crippen molar-refractivity contribution in [3.8, 4) is 5.75 Å². The average Bonchev–Trinajstić information content (AvgIpc) is 2.59. The molecule has 0 N–H and O–H groups in total. The van der Waals surface area contributed by atoms with E-state index in [9.17, 15) is 26.4 Å². The van der Waals surface area contributed by atoms with Crippen molar-refractivity contribution in [2.45, 2.75) is 63.2 Å². The molecule has 158 valence electrons. The minimum absolute atomic E-state index is 0.174. The number of carbonyl (C=O) groups is 1. The van der Waals surface area contributed by atoms with Gasteiger partial charge in [0.2, 0.25) is 0 Å². The van der Waals surface area contributed by atoms with Crippen molar-refractivity contribution in [3.63, 3.8) is 0 Å². The van der Waals surface area contributed by atoms with Gasteiger partial charge in [0.25, 0.3) is 0 Å². The van der Waals surface area contributed by atoms with Gasteiger partial charge in [0.05, 0.1) is 20.7 Å². The minimum Gasteiger partial charge on any atom is -0.465 e. The van der Waals surface area contributed by atoms with Gasteiger partial charge in [0.1, 0.15) is 5.75 Å². The maximum atomic E-state index is 13.0. The summed E-state index contributed by atoms with van der Waals surface area (Å²) >= 11 is 0. The van der Waals surface area contributed by atoms with E-state index < -0.39 is 29.7 Å². The molecule has 0 heterocycles. The standard InChI is InChI=1S/C18H25F3O5SSi/c1-25-17(22)13-10-14(12-8-6-5-7-9-12)16(15(11-13)28(2,3)4)26-27(23,24)18(19,20)21/h10-12H,5-9H2,1-4H3. The highest BCUT2D eigenvalue weighted by Crippen LogP contribution is 2.40. The van der Waals surface area contributed by atoms with Crippen LogP contribution >= 0.6 is 0 Å². The summed E-state index contributed by atoms with van der Waals surface area (Å²) in [4.78, 5) is 12.1. The Morgan fingerprint density at radius 1 is 1.11 bits per heavy atom. The Balaban J connectivity index is 2.75. The van der Waals surface area contributed by atoms with Crippen LogP contribution in [0.2, 0.25) is 19.6 Å². The molecule has 0 amide bonds. The van der Waals surface area contributed by atoms with Gasteiger partial charge in [-0.2, -0.15) is 21.6 Å². The Kier molecular flexibility index (Phi) is 6.54. The highest BCUT2D eigenvalue weighted by atomic mass is 32.2. The van der Waals surface area contributed by atoms with Crippen LogP contribution < -0.4 is 9.37 Å². The van der Waals surface area contributed by atoms with Gasteiger partial charge in [-0.05, 0) is 41.6 Å². The van der Waals surface area contributed by atoms with Crippen molar-refractivity contribution in [1.29, 1.82) is 0 Å². The Labute approximate surface area is 164 Å². The van der Waals surface area contributed by atoms with Gasteiger partial charge >= 0.3 is 21.6 Å². The normalized spacial score (nSPS) is 16.7. The number of rotatable bonds is 5. The van der Waals surface area contributed by atoms with Gasteiger partial charge in [-0.1, -0.05) is 38.9 Å². The lowest BCUT2D eigenvalue weighted by Crippen LogP contribution is -2.41. The largest absolute Gasteiger partial charge is 0.534 e. The first-order chi connectivity index (χ1) is 12.8. The second-order valence-electron chi connectivity index (χ2n) is 8.00. The van der Waals surface area contributed by atoms with Crippen LogP contribution in [0.3, 0.4) is 0 Å². The summed E-state index contributed by atoms with van der Waals surface area (Å²) in [6, 6.07) is 2.83. The molecule has 0 aliphatic heterocycles. The van der Waals surface area contributed by atoms with Crippen LogP contribution in [0.5, 0.6) is 5.75 Å². The van der Waals surface area contributed by atoms with E-state index in [4.69, 9.17) is 8.92 Å². The molecule has 2 rings (SSSR count). The number of methoxy groups -OCH3 is 1. The Bertz CT molecular complexity index is 838. The lowest BCUT2D eigenvalue weighted by atomic mass is 9.83. The van der Waals surface area contributed by atoms with Crippen molar-refractivity contribution >= 4 is 29.3 Å². The van der Waals surface area contributed by atoms with Gasteiger partial charge in [0, 0.05) is 0 Å². The quantitative estimate of drug-likeness (QED) is 0.297. The first kappa shape index (κ1) is 22.7. The SMILES string of the molecule is COC(=O)c1cc(C2CCCCC2)c(OS(=O)(=O)C(F)(F)F)c([Si](C)(C)C)c1. The highest BCUT2D eigenvalue weighted by Gasteiger charge is 2.49. The number of hydrogen-bond acceptors (Lipinski definition) is 5. The van der Waals surface area contributed by atoms with Crippen LogP contribution in [-0.4, -0.2) is 35.1 Å². The second kappa shape index (κ2) is 8.06. The first-order valence-electron chi connectivity index (χ1n) is 9.05. The molecule has 28 heavy (non-hydrogen) atoms. The minimum atomic E-state index is -5.83. The number of benzene rings is 1. The van der Waals surface area contributed by atoms with Gasteiger partial charge in [-0.15, -0.1) is 0 Å². The zero-order chi connectivity index (χ0) is 21.3. The van der Waals surface area contributed by atoms with E-state index in [-0.39, 0.29) is 17.2 Å². The van der Waals surface area contributed by atoms with Crippen LogP contribution in [0, 0.1) is 0 Å². The molecular formula is C18H25F3O5SSi. The molecule has 5 nitrogen and oxygen atoms in total. The molecule has 0 unspecified atom stereocenters. The first-order valence-corrected chi connectivity index (χ1v) is 14.0. The van der Waals surface area contributed by atoms with Gasteiger partial charge in [-0.25, -0.2) is 4.79 Å². The van der Waals surface area contributed by atoms with Crippen molar-refractivity contribution in [2.75, 3.05) is 7.11 Å². The monoisotopic (exact) mass is 438 g/mol. The molecule has 0 saturated heterocycles. The zero-order valence-corrected chi connectivity index (χ0v) is 18.2. The summed E-state index contributed by atoms with van der Waals surface area (Å²) < 4.78 is 72.1. The third kappa shape index (κ3) is 4.89. The molecule has 10 heteroatoms. The van der Waals surface area contributed by atoms with Gasteiger partial charge in [0.15, 0.2) is 0 Å². The second-order valence-corrected chi connectivity index (χ2v) is 14.6. The van der Waals surface area contributed by atoms with E-state index in [1.165, 1.54) is 19.2 Å². The van der Waals surface area contributed by atoms with Gasteiger partial charge in [-0.3, -0.25) is 0 Å². The van der Waals surface area contributed by atoms with Crippen LogP contribution in [0.25, 0.3) is 0 Å². The Morgan fingerprint density at radius 3 is 2.14 bits per heavy atom. The molecule has 1 saturated carbocycles. The Morgan fingerprint density at radius 2 is 1.68 bits per heavy atom. The molecule has 1 fully saturated rings. The smallest absolute Gasteiger partial charge is 0.465 e. The summed E-state index contributed by atoms with van der Waals surface area (Å²) in [7, 11) is -7.00. The van der Waals surface area contributed by atoms with Crippen LogP contribution in [0.4, 0.5) is 13.2 Å². The molecule has 1 aromatic rings. The van der Waals surface area contributed by atoms with E-state index >= 15 is 0 Å². The third-order valence-corrected chi connectivity index (χ3v) is 7.81. The maximum absolute atomic E-state index is 13.0. The zero-order valence-electron chi connectivity index (χ0n) is 16.4. The van der Waals surface area contributed by atoms with E-state index in [0.717, 1.165) is 19.3 Å². The predicted molar refractivity (Wildman–Crippen MR) is 102 cm³/mol. The average molecular weight is 439 g/mol. The van der Waals surface area contributed by atoms with Crippen molar-refractivity contribution < 1.29 is 35.3 Å². The summed E-state index contributed by atoms with van der Waals surface area (Å²) in [5.74, 6) is -1.07. The summed E-state index contributed by atoms with van der Waals surface area (Å²) in [6.45, 7) is 5.54. The maximum Gasteiger partial charge on any atom is 0.534 e. The molecule has 0 bridgehead atoms. The van der Waals surface area contributed by atoms with Crippen molar-refractivity contribution in [3.05, 3.63) is 23.3 Å². The molecular weight excluding hydrogens is 413 g/mol. The molecule has 1 aromatic carbocycles. The molecule has 0 aromatic heterocycles. The Hall–Kier alpha value is -1.55. The highest BCUT2D eigenvalue weighted by molar-refractivity contribution is 7.88. The fourth-order valence-electron chi connectivity index (χ4n) is 3.41.